The van der Waals surface area contributed by atoms with Crippen LogP contribution in [0.4, 0.5) is 0 Å². The predicted molar refractivity (Wildman–Crippen MR) is 53.9 cm³/mol. The van der Waals surface area contributed by atoms with Crippen LogP contribution in [0, 0.1) is 13.8 Å². The maximum Gasteiger partial charge on any atom is 0.242 e. The Labute approximate surface area is 90.8 Å². The second kappa shape index (κ2) is 3.13. The van der Waals surface area contributed by atoms with Crippen molar-refractivity contribution in [3.63, 3.8) is 0 Å². The number of rotatable bonds is 1. The summed E-state index contributed by atoms with van der Waals surface area (Å²) in [6, 6.07) is 6.07. The molecule has 2 heterocycles. The minimum Gasteiger partial charge on any atom is -0.312 e. The number of aryl methyl sites for hydroxylation is 2. The van der Waals surface area contributed by atoms with Gasteiger partial charge < -0.3 is 4.63 Å². The molecule has 0 saturated carbocycles. The van der Waals surface area contributed by atoms with Crippen molar-refractivity contribution in [3.8, 4) is 5.69 Å². The van der Waals surface area contributed by atoms with E-state index in [1.807, 2.05) is 26.0 Å². The molecule has 0 aliphatic carbocycles. The molecule has 0 radical (unpaired) electrons. The number of benzene rings is 1. The Balaban J connectivity index is 2.19. The van der Waals surface area contributed by atoms with E-state index in [1.54, 1.807) is 0 Å². The van der Waals surface area contributed by atoms with Crippen LogP contribution in [0.3, 0.4) is 0 Å². The van der Waals surface area contributed by atoms with Gasteiger partial charge in [0, 0.05) is 11.6 Å². The Kier molecular flexibility index (Phi) is 1.76. The molecular weight excluding hydrogens is 206 g/mol. The number of hydrogen-bond donors (Lipinski definition) is 0. The Morgan fingerprint density at radius 2 is 2.12 bits per heavy atom. The van der Waals surface area contributed by atoms with Crippen molar-refractivity contribution >= 4 is 11.3 Å². The van der Waals surface area contributed by atoms with Crippen LogP contribution in [0.2, 0.25) is 0 Å². The van der Waals surface area contributed by atoms with E-state index in [4.69, 9.17) is 0 Å². The Morgan fingerprint density at radius 3 is 2.88 bits per heavy atom. The lowest BCUT2D eigenvalue weighted by Gasteiger charge is -1.98. The van der Waals surface area contributed by atoms with E-state index in [1.165, 1.54) is 10.4 Å². The largest absolute Gasteiger partial charge is 0.312 e. The summed E-state index contributed by atoms with van der Waals surface area (Å²) in [6.45, 7) is 4.06. The summed E-state index contributed by atoms with van der Waals surface area (Å²) in [5, 5.41) is 15.6. The van der Waals surface area contributed by atoms with Gasteiger partial charge in [-0.05, 0) is 19.9 Å². The van der Waals surface area contributed by atoms with Crippen LogP contribution < -0.4 is 9.90 Å². The molecule has 0 bridgehead atoms. The SMILES string of the molecule is Cc1ccc(-[n+]2nc3nonc3[n-]2)c(C)c1. The van der Waals surface area contributed by atoms with Crippen LogP contribution in [0.25, 0.3) is 17.0 Å². The van der Waals surface area contributed by atoms with Crippen molar-refractivity contribution in [1.29, 1.82) is 0 Å². The summed E-state index contributed by atoms with van der Waals surface area (Å²) in [7, 11) is 0. The van der Waals surface area contributed by atoms with Gasteiger partial charge in [0.1, 0.15) is 5.65 Å². The molecule has 2 aromatic heterocycles. The van der Waals surface area contributed by atoms with Gasteiger partial charge in [0.15, 0.2) is 0 Å². The second-order valence-corrected chi connectivity index (χ2v) is 3.69. The van der Waals surface area contributed by atoms with E-state index in [2.05, 4.69) is 31.2 Å². The van der Waals surface area contributed by atoms with E-state index >= 15 is 0 Å². The molecule has 1 aromatic carbocycles. The normalized spacial score (nSPS) is 11.1. The van der Waals surface area contributed by atoms with Gasteiger partial charge in [0.25, 0.3) is 0 Å². The fourth-order valence-corrected chi connectivity index (χ4v) is 1.64. The van der Waals surface area contributed by atoms with Gasteiger partial charge in [0.2, 0.25) is 11.3 Å². The van der Waals surface area contributed by atoms with Gasteiger partial charge in [-0.3, -0.25) is 0 Å². The van der Waals surface area contributed by atoms with Crippen molar-refractivity contribution < 1.29 is 9.43 Å². The lowest BCUT2D eigenvalue weighted by molar-refractivity contribution is -0.716. The molecule has 0 amide bonds. The molecule has 16 heavy (non-hydrogen) atoms. The van der Waals surface area contributed by atoms with E-state index in [-0.39, 0.29) is 0 Å². The van der Waals surface area contributed by atoms with E-state index in [0.717, 1.165) is 11.3 Å². The highest BCUT2D eigenvalue weighted by Gasteiger charge is 2.13. The van der Waals surface area contributed by atoms with Crippen LogP contribution in [0.15, 0.2) is 22.8 Å². The van der Waals surface area contributed by atoms with Crippen molar-refractivity contribution in [2.24, 2.45) is 0 Å². The molecule has 3 aromatic rings. The number of fused-ring (bicyclic) bond motifs is 1. The molecule has 6 heteroatoms. The highest BCUT2D eigenvalue weighted by Crippen LogP contribution is 2.09. The average molecular weight is 215 g/mol. The molecular formula is C10H9N5O. The first-order valence-electron chi connectivity index (χ1n) is 4.87. The van der Waals surface area contributed by atoms with Gasteiger partial charge in [0.05, 0.1) is 0 Å². The van der Waals surface area contributed by atoms with Gasteiger partial charge >= 0.3 is 0 Å². The molecule has 0 fully saturated rings. The minimum absolute atomic E-state index is 0.417. The summed E-state index contributed by atoms with van der Waals surface area (Å²) in [6.07, 6.45) is 0. The predicted octanol–water partition coefficient (Wildman–Crippen LogP) is 0.469. The number of hydrogen-bond acceptors (Lipinski definition) is 4. The Morgan fingerprint density at radius 1 is 1.25 bits per heavy atom. The molecule has 0 saturated heterocycles. The highest BCUT2D eigenvalue weighted by atomic mass is 16.6. The number of nitrogens with zero attached hydrogens (tertiary/aromatic N) is 5. The zero-order chi connectivity index (χ0) is 11.1. The van der Waals surface area contributed by atoms with Gasteiger partial charge in [-0.2, -0.15) is 5.16 Å². The minimum atomic E-state index is 0.417. The summed E-state index contributed by atoms with van der Waals surface area (Å²) in [4.78, 5) is 1.52. The van der Waals surface area contributed by atoms with Crippen LogP contribution in [-0.4, -0.2) is 15.4 Å². The van der Waals surface area contributed by atoms with Crippen molar-refractivity contribution in [2.45, 2.75) is 13.8 Å². The average Bonchev–Trinajstić information content (AvgIpc) is 2.76. The van der Waals surface area contributed by atoms with E-state index in [9.17, 15) is 0 Å². The third-order valence-electron chi connectivity index (χ3n) is 2.40. The highest BCUT2D eigenvalue weighted by molar-refractivity contribution is 5.59. The third-order valence-corrected chi connectivity index (χ3v) is 2.40. The summed E-state index contributed by atoms with van der Waals surface area (Å²) >= 11 is 0. The molecule has 0 aliphatic rings. The van der Waals surface area contributed by atoms with Crippen LogP contribution in [0.5, 0.6) is 0 Å². The summed E-state index contributed by atoms with van der Waals surface area (Å²) < 4.78 is 4.51. The lowest BCUT2D eigenvalue weighted by atomic mass is 10.1. The molecule has 80 valence electrons. The van der Waals surface area contributed by atoms with Crippen molar-refractivity contribution in [2.75, 3.05) is 0 Å². The van der Waals surface area contributed by atoms with Crippen LogP contribution >= 0.6 is 0 Å². The van der Waals surface area contributed by atoms with Crippen molar-refractivity contribution in [3.05, 3.63) is 29.3 Å². The molecule has 6 nitrogen and oxygen atoms in total. The maximum absolute atomic E-state index is 4.51. The van der Waals surface area contributed by atoms with Crippen LogP contribution in [0.1, 0.15) is 11.1 Å². The quantitative estimate of drug-likeness (QED) is 0.552. The summed E-state index contributed by atoms with van der Waals surface area (Å²) in [5.41, 5.74) is 4.07. The second-order valence-electron chi connectivity index (χ2n) is 3.69. The zero-order valence-corrected chi connectivity index (χ0v) is 8.88. The van der Waals surface area contributed by atoms with E-state index in [0.29, 0.717) is 11.3 Å². The molecule has 0 spiro atoms. The first kappa shape index (κ1) is 9.02. The fourth-order valence-electron chi connectivity index (χ4n) is 1.64. The third kappa shape index (κ3) is 1.27. The first-order chi connectivity index (χ1) is 7.74. The van der Waals surface area contributed by atoms with E-state index < -0.39 is 0 Å². The molecule has 0 atom stereocenters. The monoisotopic (exact) mass is 215 g/mol. The first-order valence-corrected chi connectivity index (χ1v) is 4.87. The Bertz CT molecular complexity index is 626. The van der Waals surface area contributed by atoms with Gasteiger partial charge in [-0.25, -0.2) is 0 Å². The van der Waals surface area contributed by atoms with Crippen LogP contribution in [-0.2, 0) is 0 Å². The molecule has 0 unspecified atom stereocenters. The lowest BCUT2D eigenvalue weighted by Crippen LogP contribution is -2.38. The standard InChI is InChI=1S/C10H9N5O/c1-6-3-4-8(7(2)5-6)15-11-9-10(12-15)14-16-13-9/h3-5H,1-2H3. The fraction of sp³-hybridized carbons (Fsp3) is 0.200. The molecule has 0 aliphatic heterocycles. The molecule has 0 N–H and O–H groups in total. The Hall–Kier alpha value is -2.24. The topological polar surface area (TPSA) is 69.8 Å². The van der Waals surface area contributed by atoms with Crippen molar-refractivity contribution in [1.82, 2.24) is 20.5 Å². The van der Waals surface area contributed by atoms with Gasteiger partial charge in [-0.1, -0.05) is 31.8 Å². The number of aromatic nitrogens is 5. The zero-order valence-electron chi connectivity index (χ0n) is 8.88. The smallest absolute Gasteiger partial charge is 0.242 e. The van der Waals surface area contributed by atoms with Gasteiger partial charge in [-0.15, -0.1) is 0 Å². The maximum atomic E-state index is 4.51. The summed E-state index contributed by atoms with van der Waals surface area (Å²) in [5.74, 6) is 0. The molecule has 3 rings (SSSR count).